The van der Waals surface area contributed by atoms with Gasteiger partial charge in [-0.2, -0.15) is 0 Å². The largest absolute Gasteiger partial charge is 0.495 e. The van der Waals surface area contributed by atoms with Gasteiger partial charge in [0.2, 0.25) is 11.8 Å². The van der Waals surface area contributed by atoms with Gasteiger partial charge in [-0.15, -0.1) is 0 Å². The summed E-state index contributed by atoms with van der Waals surface area (Å²) in [5.74, 6) is 0.421. The van der Waals surface area contributed by atoms with Crippen molar-refractivity contribution in [3.05, 3.63) is 23.2 Å². The minimum atomic E-state index is -0.198. The summed E-state index contributed by atoms with van der Waals surface area (Å²) in [6.07, 6.45) is 1.89. The van der Waals surface area contributed by atoms with Crippen LogP contribution in [0.25, 0.3) is 0 Å². The van der Waals surface area contributed by atoms with E-state index in [-0.39, 0.29) is 24.2 Å². The van der Waals surface area contributed by atoms with Gasteiger partial charge in [-0.25, -0.2) is 0 Å². The summed E-state index contributed by atoms with van der Waals surface area (Å²) >= 11 is 5.92. The second-order valence-electron chi connectivity index (χ2n) is 5.46. The summed E-state index contributed by atoms with van der Waals surface area (Å²) in [5.41, 5.74) is 0.523. The fourth-order valence-corrected chi connectivity index (χ4v) is 2.69. The van der Waals surface area contributed by atoms with E-state index in [1.807, 2.05) is 0 Å². The highest BCUT2D eigenvalue weighted by Gasteiger charge is 2.20. The van der Waals surface area contributed by atoms with Gasteiger partial charge in [0.15, 0.2) is 0 Å². The average Bonchev–Trinajstić information content (AvgIpc) is 2.56. The molecule has 0 aliphatic carbocycles. The molecule has 23 heavy (non-hydrogen) atoms. The van der Waals surface area contributed by atoms with Crippen LogP contribution in [-0.4, -0.2) is 38.6 Å². The summed E-state index contributed by atoms with van der Waals surface area (Å²) in [7, 11) is 1.53. The number of halogens is 1. The lowest BCUT2D eigenvalue weighted by Gasteiger charge is -2.21. The zero-order valence-corrected chi connectivity index (χ0v) is 13.9. The molecular weight excluding hydrogens is 318 g/mol. The summed E-state index contributed by atoms with van der Waals surface area (Å²) in [4.78, 5) is 24.0. The number of anilines is 1. The molecule has 0 spiro atoms. The maximum absolute atomic E-state index is 12.0. The van der Waals surface area contributed by atoms with Crippen LogP contribution in [-0.2, 0) is 9.59 Å². The Kier molecular flexibility index (Phi) is 6.67. The molecule has 3 N–H and O–H groups in total. The molecule has 1 heterocycles. The van der Waals surface area contributed by atoms with Crippen molar-refractivity contribution >= 4 is 29.1 Å². The second kappa shape index (κ2) is 8.74. The molecule has 6 nitrogen and oxygen atoms in total. The van der Waals surface area contributed by atoms with E-state index in [1.165, 1.54) is 7.11 Å². The number of methoxy groups -OCH3 is 1. The van der Waals surface area contributed by atoms with Gasteiger partial charge in [-0.1, -0.05) is 11.6 Å². The van der Waals surface area contributed by atoms with Crippen molar-refractivity contribution in [1.82, 2.24) is 10.6 Å². The monoisotopic (exact) mass is 339 g/mol. The Bertz CT molecular complexity index is 560. The minimum absolute atomic E-state index is 0.0274. The molecule has 1 aromatic rings. The quantitative estimate of drug-likeness (QED) is 0.738. The summed E-state index contributed by atoms with van der Waals surface area (Å²) in [6.45, 7) is 2.05. The Morgan fingerprint density at radius 3 is 2.78 bits per heavy atom. The molecule has 126 valence electrons. The number of carbonyl (C=O) groups is 2. The molecule has 0 aromatic heterocycles. The Balaban J connectivity index is 1.77. The lowest BCUT2D eigenvalue weighted by molar-refractivity contribution is -0.125. The van der Waals surface area contributed by atoms with Crippen molar-refractivity contribution < 1.29 is 14.3 Å². The SMILES string of the molecule is COc1ccc(Cl)cc1NC(=O)CCNC(=O)C1CCNCC1. The van der Waals surface area contributed by atoms with Gasteiger partial charge in [0.25, 0.3) is 0 Å². The average molecular weight is 340 g/mol. The smallest absolute Gasteiger partial charge is 0.226 e. The number of nitrogens with one attached hydrogen (secondary N) is 3. The topological polar surface area (TPSA) is 79.5 Å². The van der Waals surface area contributed by atoms with E-state index >= 15 is 0 Å². The highest BCUT2D eigenvalue weighted by molar-refractivity contribution is 6.31. The predicted octanol–water partition coefficient (Wildman–Crippen LogP) is 1.79. The van der Waals surface area contributed by atoms with Gasteiger partial charge >= 0.3 is 0 Å². The van der Waals surface area contributed by atoms with E-state index in [1.54, 1.807) is 18.2 Å². The van der Waals surface area contributed by atoms with Crippen LogP contribution in [0.5, 0.6) is 5.75 Å². The normalized spacial score (nSPS) is 15.0. The third-order valence-electron chi connectivity index (χ3n) is 3.80. The summed E-state index contributed by atoms with van der Waals surface area (Å²) in [6, 6.07) is 5.01. The number of amides is 2. The van der Waals surface area contributed by atoms with Crippen molar-refractivity contribution in [2.45, 2.75) is 19.3 Å². The predicted molar refractivity (Wildman–Crippen MR) is 89.9 cm³/mol. The summed E-state index contributed by atoms with van der Waals surface area (Å²) < 4.78 is 5.17. The van der Waals surface area contributed by atoms with Gasteiger partial charge in [-0.05, 0) is 44.1 Å². The van der Waals surface area contributed by atoms with E-state index in [4.69, 9.17) is 16.3 Å². The van der Waals surface area contributed by atoms with Crippen molar-refractivity contribution in [2.24, 2.45) is 5.92 Å². The number of piperidine rings is 1. The number of benzene rings is 1. The molecular formula is C16H22ClN3O3. The Morgan fingerprint density at radius 2 is 2.09 bits per heavy atom. The standard InChI is InChI=1S/C16H22ClN3O3/c1-23-14-3-2-12(17)10-13(14)20-15(21)6-9-19-16(22)11-4-7-18-8-5-11/h2-3,10-11,18H,4-9H2,1H3,(H,19,22)(H,20,21). The molecule has 0 unspecified atom stereocenters. The van der Waals surface area contributed by atoms with Crippen molar-refractivity contribution in [1.29, 1.82) is 0 Å². The summed E-state index contributed by atoms with van der Waals surface area (Å²) in [5, 5.41) is 9.30. The maximum Gasteiger partial charge on any atom is 0.226 e. The number of carbonyl (C=O) groups excluding carboxylic acids is 2. The highest BCUT2D eigenvalue weighted by Crippen LogP contribution is 2.27. The first kappa shape index (κ1) is 17.6. The van der Waals surface area contributed by atoms with E-state index in [9.17, 15) is 9.59 Å². The zero-order chi connectivity index (χ0) is 16.7. The molecule has 1 fully saturated rings. The highest BCUT2D eigenvalue weighted by atomic mass is 35.5. The minimum Gasteiger partial charge on any atom is -0.495 e. The van der Waals surface area contributed by atoms with E-state index in [0.29, 0.717) is 23.0 Å². The van der Waals surface area contributed by atoms with Gasteiger partial charge in [0.1, 0.15) is 5.75 Å². The van der Waals surface area contributed by atoms with Crippen molar-refractivity contribution in [2.75, 3.05) is 32.1 Å². The molecule has 1 aliphatic rings. The van der Waals surface area contributed by atoms with Crippen LogP contribution in [0.2, 0.25) is 5.02 Å². The van der Waals surface area contributed by atoms with Crippen LogP contribution < -0.4 is 20.7 Å². The first-order chi connectivity index (χ1) is 11.1. The Morgan fingerprint density at radius 1 is 1.35 bits per heavy atom. The lowest BCUT2D eigenvalue weighted by Crippen LogP contribution is -2.39. The van der Waals surface area contributed by atoms with Crippen LogP contribution in [0.15, 0.2) is 18.2 Å². The van der Waals surface area contributed by atoms with E-state index in [0.717, 1.165) is 25.9 Å². The van der Waals surface area contributed by atoms with Gasteiger partial charge in [-0.3, -0.25) is 9.59 Å². The number of rotatable bonds is 6. The molecule has 2 rings (SSSR count). The molecule has 2 amide bonds. The van der Waals surface area contributed by atoms with E-state index < -0.39 is 0 Å². The van der Waals surface area contributed by atoms with Crippen molar-refractivity contribution in [3.63, 3.8) is 0 Å². The van der Waals surface area contributed by atoms with Gasteiger partial charge < -0.3 is 20.7 Å². The zero-order valence-electron chi connectivity index (χ0n) is 13.2. The second-order valence-corrected chi connectivity index (χ2v) is 5.89. The molecule has 1 aliphatic heterocycles. The fourth-order valence-electron chi connectivity index (χ4n) is 2.52. The number of hydrogen-bond acceptors (Lipinski definition) is 4. The maximum atomic E-state index is 12.0. The van der Waals surface area contributed by atoms with Crippen LogP contribution in [0.1, 0.15) is 19.3 Å². The van der Waals surface area contributed by atoms with Crippen LogP contribution >= 0.6 is 11.6 Å². The van der Waals surface area contributed by atoms with Crippen LogP contribution in [0.3, 0.4) is 0 Å². The molecule has 0 bridgehead atoms. The fraction of sp³-hybridized carbons (Fsp3) is 0.500. The Hall–Kier alpha value is -1.79. The first-order valence-electron chi connectivity index (χ1n) is 7.72. The van der Waals surface area contributed by atoms with E-state index in [2.05, 4.69) is 16.0 Å². The first-order valence-corrected chi connectivity index (χ1v) is 8.09. The molecule has 0 radical (unpaired) electrons. The molecule has 7 heteroatoms. The van der Waals surface area contributed by atoms with Crippen LogP contribution in [0.4, 0.5) is 5.69 Å². The number of hydrogen-bond donors (Lipinski definition) is 3. The van der Waals surface area contributed by atoms with Crippen molar-refractivity contribution in [3.8, 4) is 5.75 Å². The third-order valence-corrected chi connectivity index (χ3v) is 4.03. The van der Waals surface area contributed by atoms with Gasteiger partial charge in [0.05, 0.1) is 12.8 Å². The Labute approximate surface area is 140 Å². The molecule has 1 saturated heterocycles. The molecule has 0 saturated carbocycles. The van der Waals surface area contributed by atoms with Crippen LogP contribution in [0, 0.1) is 5.92 Å². The number of ether oxygens (including phenoxy) is 1. The third kappa shape index (κ3) is 5.41. The van der Waals surface area contributed by atoms with Gasteiger partial charge in [0, 0.05) is 23.9 Å². The molecule has 0 atom stereocenters. The molecule has 1 aromatic carbocycles. The lowest BCUT2D eigenvalue weighted by atomic mass is 9.97.